The molecule has 6 aliphatic heterocycles. The average Bonchev–Trinajstić information content (AvgIpc) is 3.86. The monoisotopic (exact) mass is 1100 g/mol. The molecule has 2 fully saturated rings. The molecule has 2 aromatic rings. The van der Waals surface area contributed by atoms with Crippen molar-refractivity contribution in [3.8, 4) is 17.2 Å². The van der Waals surface area contributed by atoms with E-state index in [9.17, 15) is 30.0 Å². The van der Waals surface area contributed by atoms with E-state index in [1.54, 1.807) is 45.6 Å². The highest BCUT2D eigenvalue weighted by atomic mass is 127. The molecular formula is C53H75IN6O11. The Morgan fingerprint density at radius 3 is 2.25 bits per heavy atom. The van der Waals surface area contributed by atoms with Gasteiger partial charge in [0.25, 0.3) is 5.78 Å². The van der Waals surface area contributed by atoms with Gasteiger partial charge in [-0.3, -0.25) is 24.4 Å². The Bertz CT molecular complexity index is 2570. The van der Waals surface area contributed by atoms with E-state index in [0.717, 1.165) is 25.2 Å². The summed E-state index contributed by atoms with van der Waals surface area (Å²) in [6, 6.07) is -0.497. The summed E-state index contributed by atoms with van der Waals surface area (Å²) < 4.78 is 25.5. The molecule has 11 atom stereocenters. The average molecular weight is 1100 g/mol. The number of aromatic hydroxyl groups is 2. The van der Waals surface area contributed by atoms with Crippen LogP contribution in [0.2, 0.25) is 0 Å². The highest BCUT2D eigenvalue weighted by molar-refractivity contribution is 14.1. The zero-order valence-corrected chi connectivity index (χ0v) is 45.4. The number of phenolic OH excluding ortho intramolecular Hbond substituents is 2. The third-order valence-corrected chi connectivity index (χ3v) is 16.1. The number of phenols is 2. The number of rotatable bonds is 7. The molecule has 17 nitrogen and oxygen atoms in total. The van der Waals surface area contributed by atoms with Crippen LogP contribution in [0.25, 0.3) is 10.8 Å². The molecule has 0 aromatic heterocycles. The van der Waals surface area contributed by atoms with Gasteiger partial charge in [-0.2, -0.15) is 0 Å². The van der Waals surface area contributed by atoms with E-state index >= 15 is 4.79 Å². The van der Waals surface area contributed by atoms with E-state index in [1.807, 2.05) is 46.0 Å². The van der Waals surface area contributed by atoms with Crippen molar-refractivity contribution in [2.45, 2.75) is 134 Å². The Kier molecular flexibility index (Phi) is 16.9. The van der Waals surface area contributed by atoms with Crippen molar-refractivity contribution < 1.29 is 53.8 Å². The Morgan fingerprint density at radius 2 is 1.62 bits per heavy atom. The number of anilines is 1. The number of Topliss-reactive ketones (excluding diaryl/α,β-unsaturated/α-hetero) is 1. The number of hydrogen-bond acceptors (Lipinski definition) is 16. The Hall–Kier alpha value is -4.34. The first kappa shape index (κ1) is 54.4. The summed E-state index contributed by atoms with van der Waals surface area (Å²) in [7, 11) is 3.45. The number of methoxy groups -OCH3 is 1. The van der Waals surface area contributed by atoms with Gasteiger partial charge in [-0.05, 0) is 39.5 Å². The molecule has 5 N–H and O–H groups in total. The van der Waals surface area contributed by atoms with Crippen LogP contribution in [0.3, 0.4) is 0 Å². The number of carbonyl (C=O) groups is 3. The lowest BCUT2D eigenvalue weighted by atomic mass is 9.78. The maximum absolute atomic E-state index is 15.2. The summed E-state index contributed by atoms with van der Waals surface area (Å²) in [4.78, 5) is 58.8. The van der Waals surface area contributed by atoms with Gasteiger partial charge in [-0.1, -0.05) is 82.4 Å². The third-order valence-electron chi connectivity index (χ3n) is 15.7. The molecule has 6 heterocycles. The lowest BCUT2D eigenvalue weighted by molar-refractivity contribution is -0.165. The number of hydrogen-bond donors (Lipinski definition) is 5. The molecule has 71 heavy (non-hydrogen) atoms. The van der Waals surface area contributed by atoms with E-state index in [1.165, 1.54) is 13.4 Å². The van der Waals surface area contributed by atoms with Crippen LogP contribution in [-0.2, 0) is 23.8 Å². The summed E-state index contributed by atoms with van der Waals surface area (Å²) >= 11 is 2.43. The second kappa shape index (κ2) is 22.0. The molecule has 2 saturated heterocycles. The highest BCUT2D eigenvalue weighted by Gasteiger charge is 2.53. The number of ether oxygens (including phenoxy) is 4. The topological polar surface area (TPSA) is 216 Å². The van der Waals surface area contributed by atoms with Gasteiger partial charge in [0.05, 0.1) is 47.3 Å². The van der Waals surface area contributed by atoms with Crippen molar-refractivity contribution in [3.63, 3.8) is 0 Å². The first-order chi connectivity index (χ1) is 33.6. The first-order valence-corrected chi connectivity index (χ1v) is 26.5. The quantitative estimate of drug-likeness (QED) is 0.0782. The van der Waals surface area contributed by atoms with E-state index in [-0.39, 0.29) is 56.8 Å². The molecule has 8 rings (SSSR count). The van der Waals surface area contributed by atoms with Gasteiger partial charge in [0, 0.05) is 111 Å². The van der Waals surface area contributed by atoms with Crippen molar-refractivity contribution in [2.24, 2.45) is 33.7 Å². The first-order valence-electron chi connectivity index (χ1n) is 25.2. The number of piperidine rings is 1. The van der Waals surface area contributed by atoms with Gasteiger partial charge in [0.15, 0.2) is 5.75 Å². The number of piperazine rings is 1. The minimum absolute atomic E-state index is 0.0369. The molecule has 0 radical (unpaired) electrons. The number of allylic oxidation sites excluding steroid dienone is 2. The molecule has 0 aliphatic carbocycles. The number of aliphatic hydroxyl groups is 2. The number of ketones is 1. The fourth-order valence-corrected chi connectivity index (χ4v) is 11.4. The predicted molar refractivity (Wildman–Crippen MR) is 278 cm³/mol. The number of likely N-dealkylation sites (tertiary alicyclic amines) is 1. The van der Waals surface area contributed by atoms with Crippen LogP contribution in [0.5, 0.6) is 17.2 Å². The minimum Gasteiger partial charge on any atom is -0.507 e. The van der Waals surface area contributed by atoms with Crippen LogP contribution in [-0.4, -0.2) is 159 Å². The summed E-state index contributed by atoms with van der Waals surface area (Å²) in [5.41, 5.74) is 0.878. The number of nitrogens with one attached hydrogen (secondary N) is 1. The number of amides is 1. The summed E-state index contributed by atoms with van der Waals surface area (Å²) in [5.74, 6) is -6.58. The standard InChI is InChI=1S/C53H75IN6O11/c1-12-53-51(67)41-39-40(47(65)34(8)50(41)71-53)48(66)44(43-42(39)56-52(57-43)17-19-59(20-18-52)27-30(4)54)55-35(9)28(2)14-13-15-29(3)45(63)32(6)46(64)33(7)49(31(5)36(68-11)16-25-69-53)70-38(62)26-37(61)60-23-21-58(10)22-24-60/h13-16,25,29-33,35-36,45-46,49,56,63-66H,12,17-24,26-27H2,1-11H3/b15-13+,25-16+,28-14-,55-44?/t29-,30?,31+,32+,33+,35?,36-,45-,46+,49+,53-/m0/s1. The van der Waals surface area contributed by atoms with Crippen LogP contribution < -0.4 is 20.8 Å². The van der Waals surface area contributed by atoms with Crippen LogP contribution >= 0.6 is 22.6 Å². The SMILES string of the molecule is CC[C@@]12O/C=C/[C@H](OC)[C@@H](C)[C@@H](OC(=O)CC(=O)N3CCN(C)CC3)[C@H](C)[C@H](O)[C@H](C)[C@@H](O)[C@@H](C)/C=C/C=C(/C)C(C)N=c3c(O)c4c(O)c(C)c(c(c4c4c3=NC3(CCN(CC(C)I)CC3)N4)C1=O)O2. The maximum atomic E-state index is 15.2. The predicted octanol–water partition coefficient (Wildman–Crippen LogP) is 5.31. The lowest BCUT2D eigenvalue weighted by Crippen LogP contribution is -2.49. The molecule has 390 valence electrons. The van der Waals surface area contributed by atoms with Gasteiger partial charge in [-0.15, -0.1) is 0 Å². The molecule has 2 aromatic carbocycles. The van der Waals surface area contributed by atoms with Crippen LogP contribution in [0.15, 0.2) is 46.1 Å². The van der Waals surface area contributed by atoms with E-state index in [2.05, 4.69) is 44.6 Å². The van der Waals surface area contributed by atoms with E-state index in [4.69, 9.17) is 28.9 Å². The number of nitrogens with zero attached hydrogens (tertiary/aromatic N) is 5. The van der Waals surface area contributed by atoms with E-state index in [0.29, 0.717) is 54.0 Å². The van der Waals surface area contributed by atoms with Crippen molar-refractivity contribution in [1.29, 1.82) is 0 Å². The number of aliphatic hydroxyl groups excluding tert-OH is 2. The van der Waals surface area contributed by atoms with Gasteiger partial charge >= 0.3 is 11.8 Å². The number of benzene rings is 2. The number of fused-ring (bicyclic) bond motifs is 13. The molecule has 0 saturated carbocycles. The Balaban J connectivity index is 1.33. The molecule has 1 amide bonds. The number of esters is 1. The van der Waals surface area contributed by atoms with E-state index < -0.39 is 83.8 Å². The third kappa shape index (κ3) is 10.8. The molecule has 5 bridgehead atoms. The van der Waals surface area contributed by atoms with Gasteiger partial charge < -0.3 is 59.4 Å². The van der Waals surface area contributed by atoms with Gasteiger partial charge in [-0.25, -0.2) is 0 Å². The number of halogens is 1. The second-order valence-corrected chi connectivity index (χ2v) is 22.8. The number of carbonyl (C=O) groups excluding carboxylic acids is 3. The molecule has 6 aliphatic rings. The number of likely N-dealkylation sites (N-methyl/N-ethyl adjacent to an activating group) is 1. The molecule has 18 heteroatoms. The second-order valence-electron chi connectivity index (χ2n) is 20.7. The van der Waals surface area contributed by atoms with Crippen LogP contribution in [0, 0.1) is 30.6 Å². The Morgan fingerprint density at radius 1 is 0.944 bits per heavy atom. The zero-order chi connectivity index (χ0) is 51.9. The summed E-state index contributed by atoms with van der Waals surface area (Å²) in [6.45, 7) is 21.3. The highest BCUT2D eigenvalue weighted by Crippen LogP contribution is 2.52. The minimum atomic E-state index is -1.91. The molecule has 2 unspecified atom stereocenters. The van der Waals surface area contributed by atoms with Crippen LogP contribution in [0.4, 0.5) is 5.69 Å². The van der Waals surface area contributed by atoms with Crippen molar-refractivity contribution in [2.75, 3.05) is 65.3 Å². The zero-order valence-electron chi connectivity index (χ0n) is 43.2. The summed E-state index contributed by atoms with van der Waals surface area (Å²) in [5, 5.41) is 52.7. The van der Waals surface area contributed by atoms with Crippen molar-refractivity contribution >= 4 is 56.7 Å². The van der Waals surface area contributed by atoms with Crippen molar-refractivity contribution in [3.05, 3.63) is 58.0 Å². The van der Waals surface area contributed by atoms with Crippen molar-refractivity contribution in [1.82, 2.24) is 14.7 Å². The number of alkyl halides is 1. The Labute approximate surface area is 431 Å². The summed E-state index contributed by atoms with van der Waals surface area (Å²) in [6.07, 6.45) is 5.23. The normalized spacial score (nSPS) is 32.7. The fraction of sp³-hybridized carbons (Fsp3) is 0.642. The lowest BCUT2D eigenvalue weighted by Gasteiger charge is -2.38. The fourth-order valence-electron chi connectivity index (χ4n) is 10.8. The largest absolute Gasteiger partial charge is 0.507 e. The van der Waals surface area contributed by atoms with Crippen LogP contribution in [0.1, 0.15) is 97.0 Å². The smallest absolute Gasteiger partial charge is 0.315 e. The maximum Gasteiger partial charge on any atom is 0.315 e. The molecule has 1 spiro atoms. The van der Waals surface area contributed by atoms with Gasteiger partial charge in [0.1, 0.15) is 40.4 Å². The van der Waals surface area contributed by atoms with Gasteiger partial charge in [0.2, 0.25) is 5.91 Å². The molecular weight excluding hydrogens is 1020 g/mol.